The minimum Gasteiger partial charge on any atom is -0.497 e. The second-order valence-corrected chi connectivity index (χ2v) is 7.17. The highest BCUT2D eigenvalue weighted by atomic mass is 31.2. The van der Waals surface area contributed by atoms with Crippen molar-refractivity contribution in [3.8, 4) is 23.3 Å². The number of para-hydroxylation sites is 2. The zero-order valence-electron chi connectivity index (χ0n) is 15.0. The van der Waals surface area contributed by atoms with Crippen LogP contribution in [0.4, 0.5) is 0 Å². The molecular weight excluding hydrogens is 357 g/mol. The minimum atomic E-state index is -1.35. The van der Waals surface area contributed by atoms with Gasteiger partial charge in [-0.25, -0.2) is 0 Å². The van der Waals surface area contributed by atoms with E-state index in [4.69, 9.17) is 13.8 Å². The number of rotatable bonds is 8. The first-order valence-electron chi connectivity index (χ1n) is 8.55. The maximum Gasteiger partial charge on any atom is 0.292 e. The fraction of sp³-hybridized carbons (Fsp3) is 0.136. The zero-order valence-corrected chi connectivity index (χ0v) is 15.9. The Morgan fingerprint density at radius 2 is 1.30 bits per heavy atom. The van der Waals surface area contributed by atoms with Gasteiger partial charge in [0.05, 0.1) is 25.3 Å². The number of benzene rings is 3. The van der Waals surface area contributed by atoms with Gasteiger partial charge in [0.2, 0.25) is 0 Å². The average Bonchev–Trinajstić information content (AvgIpc) is 2.73. The third-order valence-corrected chi connectivity index (χ3v) is 5.40. The Morgan fingerprint density at radius 3 is 1.74 bits per heavy atom. The van der Waals surface area contributed by atoms with E-state index in [2.05, 4.69) is 6.07 Å². The molecule has 0 saturated carbocycles. The van der Waals surface area contributed by atoms with Crippen LogP contribution < -0.4 is 13.8 Å². The molecule has 0 spiro atoms. The van der Waals surface area contributed by atoms with E-state index in [9.17, 15) is 5.26 Å². The van der Waals surface area contributed by atoms with Gasteiger partial charge in [-0.05, 0) is 42.0 Å². The Bertz CT molecular complexity index is 822. The second-order valence-electron chi connectivity index (χ2n) is 5.78. The molecule has 136 valence electrons. The molecule has 0 heterocycles. The Morgan fingerprint density at radius 1 is 0.778 bits per heavy atom. The third kappa shape index (κ3) is 5.48. The highest BCUT2D eigenvalue weighted by molar-refractivity contribution is 7.48. The average molecular weight is 377 g/mol. The Kier molecular flexibility index (Phi) is 6.68. The van der Waals surface area contributed by atoms with E-state index in [1.165, 1.54) is 0 Å². The van der Waals surface area contributed by atoms with Gasteiger partial charge in [-0.15, -0.1) is 0 Å². The first-order valence-corrected chi connectivity index (χ1v) is 9.92. The summed E-state index contributed by atoms with van der Waals surface area (Å²) in [6.07, 6.45) is 0.460. The summed E-state index contributed by atoms with van der Waals surface area (Å²) in [5.74, 6) is 1.88. The lowest BCUT2D eigenvalue weighted by Gasteiger charge is -2.21. The van der Waals surface area contributed by atoms with Gasteiger partial charge in [-0.2, -0.15) is 5.26 Å². The van der Waals surface area contributed by atoms with Gasteiger partial charge in [0.1, 0.15) is 17.2 Å². The van der Waals surface area contributed by atoms with E-state index >= 15 is 0 Å². The molecule has 1 unspecified atom stereocenters. The molecule has 0 radical (unpaired) electrons. The molecule has 0 fully saturated rings. The van der Waals surface area contributed by atoms with Crippen LogP contribution in [0, 0.1) is 11.3 Å². The maximum absolute atomic E-state index is 9.71. The van der Waals surface area contributed by atoms with Gasteiger partial charge >= 0.3 is 0 Å². The molecule has 0 bridgehead atoms. The van der Waals surface area contributed by atoms with E-state index in [-0.39, 0.29) is 5.92 Å². The fourth-order valence-corrected chi connectivity index (χ4v) is 3.99. The maximum atomic E-state index is 9.71. The summed E-state index contributed by atoms with van der Waals surface area (Å²) in [5.41, 5.74) is 0.916. The minimum absolute atomic E-state index is 0.338. The van der Waals surface area contributed by atoms with Crippen molar-refractivity contribution in [3.05, 3.63) is 90.5 Å². The Hall–Kier alpha value is -3.02. The highest BCUT2D eigenvalue weighted by Gasteiger charge is 2.23. The predicted molar refractivity (Wildman–Crippen MR) is 107 cm³/mol. The van der Waals surface area contributed by atoms with Crippen molar-refractivity contribution in [2.24, 2.45) is 0 Å². The molecule has 0 aliphatic carbocycles. The molecule has 0 aliphatic heterocycles. The van der Waals surface area contributed by atoms with Crippen LogP contribution in [0.3, 0.4) is 0 Å². The molecule has 4 nitrogen and oxygen atoms in total. The molecule has 0 aromatic heterocycles. The highest BCUT2D eigenvalue weighted by Crippen LogP contribution is 2.43. The van der Waals surface area contributed by atoms with Crippen LogP contribution in [0.1, 0.15) is 11.5 Å². The number of methoxy groups -OCH3 is 1. The lowest BCUT2D eigenvalue weighted by molar-refractivity contribution is 0.414. The van der Waals surface area contributed by atoms with Gasteiger partial charge in [-0.1, -0.05) is 48.5 Å². The second kappa shape index (κ2) is 9.62. The van der Waals surface area contributed by atoms with Crippen molar-refractivity contribution < 1.29 is 13.8 Å². The molecular formula is C22H20NO3P. The summed E-state index contributed by atoms with van der Waals surface area (Å²) in [4.78, 5) is 0. The number of nitriles is 1. The van der Waals surface area contributed by atoms with E-state index in [0.29, 0.717) is 6.16 Å². The molecule has 1 atom stereocenters. The summed E-state index contributed by atoms with van der Waals surface area (Å²) in [6.45, 7) is 0. The van der Waals surface area contributed by atoms with Crippen LogP contribution in [0.2, 0.25) is 0 Å². The van der Waals surface area contributed by atoms with Crippen LogP contribution in [0.15, 0.2) is 84.9 Å². The molecule has 3 aromatic carbocycles. The smallest absolute Gasteiger partial charge is 0.292 e. The van der Waals surface area contributed by atoms with Crippen LogP contribution in [0.5, 0.6) is 17.2 Å². The molecule has 0 aliphatic rings. The number of ether oxygens (including phenoxy) is 1. The quantitative estimate of drug-likeness (QED) is 0.468. The largest absolute Gasteiger partial charge is 0.497 e. The number of nitrogens with zero attached hydrogens (tertiary/aromatic N) is 1. The monoisotopic (exact) mass is 377 g/mol. The fourth-order valence-electron chi connectivity index (χ4n) is 2.50. The summed E-state index contributed by atoms with van der Waals surface area (Å²) < 4.78 is 17.4. The number of hydrogen-bond donors (Lipinski definition) is 0. The molecule has 0 saturated heterocycles. The summed E-state index contributed by atoms with van der Waals surface area (Å²) in [5, 5.41) is 9.71. The molecule has 3 aromatic rings. The topological polar surface area (TPSA) is 51.5 Å². The summed E-state index contributed by atoms with van der Waals surface area (Å²) in [6, 6.07) is 29.0. The molecule has 0 N–H and O–H groups in total. The lowest BCUT2D eigenvalue weighted by atomic mass is 10.0. The molecule has 27 heavy (non-hydrogen) atoms. The van der Waals surface area contributed by atoms with Crippen molar-refractivity contribution in [2.45, 2.75) is 5.92 Å². The number of hydrogen-bond acceptors (Lipinski definition) is 4. The first kappa shape index (κ1) is 18.8. The molecule has 3 rings (SSSR count). The zero-order chi connectivity index (χ0) is 18.9. The van der Waals surface area contributed by atoms with Gasteiger partial charge in [0, 0.05) is 0 Å². The van der Waals surface area contributed by atoms with Gasteiger partial charge in [0.15, 0.2) is 0 Å². The van der Waals surface area contributed by atoms with Gasteiger partial charge in [0.25, 0.3) is 8.38 Å². The van der Waals surface area contributed by atoms with Crippen molar-refractivity contribution in [3.63, 3.8) is 0 Å². The van der Waals surface area contributed by atoms with Crippen LogP contribution in [-0.4, -0.2) is 13.3 Å². The Labute approximate surface area is 160 Å². The third-order valence-electron chi connectivity index (χ3n) is 3.91. The lowest BCUT2D eigenvalue weighted by Crippen LogP contribution is -2.07. The van der Waals surface area contributed by atoms with Gasteiger partial charge < -0.3 is 13.8 Å². The summed E-state index contributed by atoms with van der Waals surface area (Å²) in [7, 11) is 0.275. The standard InChI is InChI=1S/C22H20NO3P/c1-24-20-14-12-18(13-15-20)19(16-23)17-27(25-21-8-4-2-5-9-21)26-22-10-6-3-7-11-22/h2-15,19H,17H2,1H3. The van der Waals surface area contributed by atoms with Crippen LogP contribution in [0.25, 0.3) is 0 Å². The van der Waals surface area contributed by atoms with Crippen LogP contribution >= 0.6 is 8.38 Å². The van der Waals surface area contributed by atoms with Crippen molar-refractivity contribution in [2.75, 3.05) is 13.3 Å². The molecule has 0 amide bonds. The van der Waals surface area contributed by atoms with E-state index < -0.39 is 8.38 Å². The van der Waals surface area contributed by atoms with Crippen LogP contribution in [-0.2, 0) is 0 Å². The SMILES string of the molecule is COc1ccc(C(C#N)CP(Oc2ccccc2)Oc2ccccc2)cc1. The van der Waals surface area contributed by atoms with Gasteiger partial charge in [-0.3, -0.25) is 0 Å². The van der Waals surface area contributed by atoms with Crippen molar-refractivity contribution in [1.29, 1.82) is 5.26 Å². The predicted octanol–water partition coefficient (Wildman–Crippen LogP) is 5.77. The van der Waals surface area contributed by atoms with E-state index in [1.807, 2.05) is 84.9 Å². The Balaban J connectivity index is 1.78. The van der Waals surface area contributed by atoms with E-state index in [1.54, 1.807) is 7.11 Å². The summed E-state index contributed by atoms with van der Waals surface area (Å²) >= 11 is 0. The van der Waals surface area contributed by atoms with Crippen molar-refractivity contribution >= 4 is 8.38 Å². The molecule has 5 heteroatoms. The normalized spacial score (nSPS) is 11.4. The van der Waals surface area contributed by atoms with E-state index in [0.717, 1.165) is 22.8 Å². The first-order chi connectivity index (χ1) is 13.3. The van der Waals surface area contributed by atoms with Crippen molar-refractivity contribution in [1.82, 2.24) is 0 Å².